The zero-order valence-electron chi connectivity index (χ0n) is 11.0. The second-order valence-corrected chi connectivity index (χ2v) is 4.36. The van der Waals surface area contributed by atoms with E-state index in [2.05, 4.69) is 12.2 Å². The standard InChI is InChI=1S/C13H29NO2/c1-3-4-5-6-7-8-11-16-12-9-10-14-13(2)15/h13-15H,3-12H2,1-2H3. The van der Waals surface area contributed by atoms with Gasteiger partial charge in [0.25, 0.3) is 0 Å². The molecule has 0 radical (unpaired) electrons. The predicted octanol–water partition coefficient (Wildman–Crippen LogP) is 2.68. The van der Waals surface area contributed by atoms with E-state index in [1.54, 1.807) is 6.92 Å². The highest BCUT2D eigenvalue weighted by molar-refractivity contribution is 4.47. The van der Waals surface area contributed by atoms with Gasteiger partial charge in [-0.05, 0) is 26.3 Å². The van der Waals surface area contributed by atoms with Crippen LogP contribution in [-0.2, 0) is 4.74 Å². The summed E-state index contributed by atoms with van der Waals surface area (Å²) in [5, 5.41) is 11.9. The van der Waals surface area contributed by atoms with Gasteiger partial charge in [-0.1, -0.05) is 39.0 Å². The van der Waals surface area contributed by atoms with Crippen LogP contribution in [-0.4, -0.2) is 31.1 Å². The number of aliphatic hydroxyl groups excluding tert-OH is 1. The maximum absolute atomic E-state index is 8.94. The van der Waals surface area contributed by atoms with Gasteiger partial charge in [-0.15, -0.1) is 0 Å². The monoisotopic (exact) mass is 231 g/mol. The Kier molecular flexibility index (Phi) is 12.9. The van der Waals surface area contributed by atoms with Crippen LogP contribution in [0.3, 0.4) is 0 Å². The topological polar surface area (TPSA) is 41.5 Å². The van der Waals surface area contributed by atoms with Crippen LogP contribution in [0.25, 0.3) is 0 Å². The van der Waals surface area contributed by atoms with Gasteiger partial charge in [0.05, 0.1) is 0 Å². The number of unbranched alkanes of at least 4 members (excludes halogenated alkanes) is 5. The van der Waals surface area contributed by atoms with Crippen LogP contribution < -0.4 is 5.32 Å². The van der Waals surface area contributed by atoms with Gasteiger partial charge in [0, 0.05) is 13.2 Å². The lowest BCUT2D eigenvalue weighted by Gasteiger charge is -2.07. The average Bonchev–Trinajstić information content (AvgIpc) is 2.25. The Hall–Kier alpha value is -0.120. The van der Waals surface area contributed by atoms with Crippen LogP contribution in [0.2, 0.25) is 0 Å². The van der Waals surface area contributed by atoms with E-state index in [0.717, 1.165) is 26.2 Å². The minimum absolute atomic E-state index is 0.404. The third kappa shape index (κ3) is 13.9. The predicted molar refractivity (Wildman–Crippen MR) is 68.5 cm³/mol. The van der Waals surface area contributed by atoms with Crippen molar-refractivity contribution in [2.75, 3.05) is 19.8 Å². The molecule has 16 heavy (non-hydrogen) atoms. The molecule has 0 bridgehead atoms. The van der Waals surface area contributed by atoms with E-state index in [9.17, 15) is 0 Å². The van der Waals surface area contributed by atoms with Gasteiger partial charge in [0.1, 0.15) is 6.23 Å². The Morgan fingerprint density at radius 2 is 1.62 bits per heavy atom. The van der Waals surface area contributed by atoms with E-state index in [1.165, 1.54) is 38.5 Å². The quantitative estimate of drug-likeness (QED) is 0.401. The van der Waals surface area contributed by atoms with Crippen molar-refractivity contribution in [1.82, 2.24) is 5.32 Å². The van der Waals surface area contributed by atoms with Gasteiger partial charge in [-0.2, -0.15) is 0 Å². The first-order valence-corrected chi connectivity index (χ1v) is 6.76. The Labute approximate surface area is 101 Å². The molecule has 0 heterocycles. The highest BCUT2D eigenvalue weighted by Crippen LogP contribution is 2.04. The molecule has 0 aromatic carbocycles. The van der Waals surface area contributed by atoms with Crippen molar-refractivity contribution < 1.29 is 9.84 Å². The molecule has 0 saturated heterocycles. The fraction of sp³-hybridized carbons (Fsp3) is 1.00. The van der Waals surface area contributed by atoms with Crippen molar-refractivity contribution in [2.45, 2.75) is 65.0 Å². The summed E-state index contributed by atoms with van der Waals surface area (Å²) in [6.07, 6.45) is 8.45. The van der Waals surface area contributed by atoms with Gasteiger partial charge in [0.15, 0.2) is 0 Å². The van der Waals surface area contributed by atoms with E-state index in [-0.39, 0.29) is 0 Å². The first kappa shape index (κ1) is 15.9. The molecule has 1 unspecified atom stereocenters. The number of rotatable bonds is 12. The highest BCUT2D eigenvalue weighted by Gasteiger charge is 1.94. The number of hydrogen-bond acceptors (Lipinski definition) is 3. The third-order valence-corrected chi connectivity index (χ3v) is 2.55. The third-order valence-electron chi connectivity index (χ3n) is 2.55. The molecule has 0 aliphatic carbocycles. The van der Waals surface area contributed by atoms with Crippen molar-refractivity contribution in [3.8, 4) is 0 Å². The van der Waals surface area contributed by atoms with Crippen molar-refractivity contribution in [3.63, 3.8) is 0 Å². The van der Waals surface area contributed by atoms with Gasteiger partial charge in [0.2, 0.25) is 0 Å². The highest BCUT2D eigenvalue weighted by atomic mass is 16.5. The molecule has 0 aliphatic heterocycles. The molecule has 0 rings (SSSR count). The number of hydrogen-bond donors (Lipinski definition) is 2. The summed E-state index contributed by atoms with van der Waals surface area (Å²) in [6, 6.07) is 0. The largest absolute Gasteiger partial charge is 0.381 e. The van der Waals surface area contributed by atoms with E-state index in [0.29, 0.717) is 0 Å². The van der Waals surface area contributed by atoms with Gasteiger partial charge in [-0.25, -0.2) is 0 Å². The van der Waals surface area contributed by atoms with Crippen molar-refractivity contribution in [1.29, 1.82) is 0 Å². The average molecular weight is 231 g/mol. The summed E-state index contributed by atoms with van der Waals surface area (Å²) in [5.74, 6) is 0. The maximum Gasteiger partial charge on any atom is 0.102 e. The molecule has 0 aliphatic rings. The first-order valence-electron chi connectivity index (χ1n) is 6.76. The van der Waals surface area contributed by atoms with Gasteiger partial charge in [-0.3, -0.25) is 5.32 Å². The molecule has 0 fully saturated rings. The Morgan fingerprint density at radius 1 is 1.00 bits per heavy atom. The molecular weight excluding hydrogens is 202 g/mol. The second-order valence-electron chi connectivity index (χ2n) is 4.36. The van der Waals surface area contributed by atoms with Gasteiger partial charge >= 0.3 is 0 Å². The van der Waals surface area contributed by atoms with Gasteiger partial charge < -0.3 is 9.84 Å². The summed E-state index contributed by atoms with van der Waals surface area (Å²) >= 11 is 0. The molecule has 3 heteroatoms. The van der Waals surface area contributed by atoms with Crippen molar-refractivity contribution in [2.24, 2.45) is 0 Å². The van der Waals surface area contributed by atoms with E-state index in [1.807, 2.05) is 0 Å². The van der Waals surface area contributed by atoms with Crippen LogP contribution in [0.15, 0.2) is 0 Å². The zero-order chi connectivity index (χ0) is 12.1. The smallest absolute Gasteiger partial charge is 0.102 e. The fourth-order valence-electron chi connectivity index (χ4n) is 1.57. The molecule has 0 saturated carbocycles. The van der Waals surface area contributed by atoms with Crippen LogP contribution in [0.5, 0.6) is 0 Å². The van der Waals surface area contributed by atoms with Crippen molar-refractivity contribution >= 4 is 0 Å². The zero-order valence-corrected chi connectivity index (χ0v) is 11.0. The normalized spacial score (nSPS) is 12.9. The lowest BCUT2D eigenvalue weighted by atomic mass is 10.1. The summed E-state index contributed by atoms with van der Waals surface area (Å²) in [4.78, 5) is 0. The van der Waals surface area contributed by atoms with Crippen LogP contribution in [0, 0.1) is 0 Å². The summed E-state index contributed by atoms with van der Waals surface area (Å²) in [7, 11) is 0. The molecule has 1 atom stereocenters. The van der Waals surface area contributed by atoms with E-state index < -0.39 is 6.23 Å². The van der Waals surface area contributed by atoms with Crippen molar-refractivity contribution in [3.05, 3.63) is 0 Å². The Morgan fingerprint density at radius 3 is 2.31 bits per heavy atom. The minimum Gasteiger partial charge on any atom is -0.381 e. The number of ether oxygens (including phenoxy) is 1. The summed E-state index contributed by atoms with van der Waals surface area (Å²) in [5.41, 5.74) is 0. The first-order chi connectivity index (χ1) is 7.77. The molecule has 2 N–H and O–H groups in total. The lowest BCUT2D eigenvalue weighted by Crippen LogP contribution is -2.26. The molecule has 0 aromatic heterocycles. The molecule has 3 nitrogen and oxygen atoms in total. The van der Waals surface area contributed by atoms with Crippen LogP contribution in [0.4, 0.5) is 0 Å². The molecule has 0 spiro atoms. The van der Waals surface area contributed by atoms with Crippen LogP contribution >= 0.6 is 0 Å². The summed E-state index contributed by atoms with van der Waals surface area (Å²) < 4.78 is 5.50. The fourth-order valence-corrected chi connectivity index (χ4v) is 1.57. The van der Waals surface area contributed by atoms with Crippen LogP contribution in [0.1, 0.15) is 58.8 Å². The molecular formula is C13H29NO2. The summed E-state index contributed by atoms with van der Waals surface area (Å²) in [6.45, 7) is 6.49. The SMILES string of the molecule is CCCCCCCCOCCCNC(C)O. The Balaban J connectivity index is 2.88. The number of aliphatic hydroxyl groups is 1. The molecule has 0 aromatic rings. The van der Waals surface area contributed by atoms with E-state index >= 15 is 0 Å². The molecule has 98 valence electrons. The lowest BCUT2D eigenvalue weighted by molar-refractivity contribution is 0.117. The van der Waals surface area contributed by atoms with E-state index in [4.69, 9.17) is 9.84 Å². The second kappa shape index (κ2) is 12.9. The molecule has 0 amide bonds. The Bertz CT molecular complexity index is 129. The minimum atomic E-state index is -0.404. The maximum atomic E-state index is 8.94. The number of nitrogens with one attached hydrogen (secondary N) is 1.